The Morgan fingerprint density at radius 3 is 2.95 bits per heavy atom. The summed E-state index contributed by atoms with van der Waals surface area (Å²) in [5.41, 5.74) is 7.19. The summed E-state index contributed by atoms with van der Waals surface area (Å²) < 4.78 is 5.58. The normalized spacial score (nSPS) is 21.1. The van der Waals surface area contributed by atoms with Gasteiger partial charge in [0.15, 0.2) is 0 Å². The van der Waals surface area contributed by atoms with Gasteiger partial charge in [0.05, 0.1) is 6.61 Å². The second kappa shape index (κ2) is 7.48. The number of hydrogen-bond acceptors (Lipinski definition) is 4. The predicted molar refractivity (Wildman–Crippen MR) is 76.1 cm³/mol. The van der Waals surface area contributed by atoms with E-state index < -0.39 is 0 Å². The average molecular weight is 264 g/mol. The number of likely N-dealkylation sites (tertiary alicyclic amines) is 1. The fraction of sp³-hybridized carbons (Fsp3) is 0.600. The molecular formula is C15H24N2O2. The van der Waals surface area contributed by atoms with Crippen molar-refractivity contribution in [2.75, 3.05) is 26.3 Å². The fourth-order valence-corrected chi connectivity index (χ4v) is 2.51. The Morgan fingerprint density at radius 2 is 2.11 bits per heavy atom. The fourth-order valence-electron chi connectivity index (χ4n) is 2.51. The second-order valence-electron chi connectivity index (χ2n) is 5.15. The van der Waals surface area contributed by atoms with Crippen molar-refractivity contribution in [1.82, 2.24) is 4.90 Å². The first kappa shape index (κ1) is 14.3. The molecule has 4 heteroatoms. The summed E-state index contributed by atoms with van der Waals surface area (Å²) in [6.07, 6.45) is 3.36. The van der Waals surface area contributed by atoms with Crippen molar-refractivity contribution in [3.63, 3.8) is 0 Å². The number of aliphatic hydroxyl groups excluding tert-OH is 1. The first-order valence-electron chi connectivity index (χ1n) is 7.09. The van der Waals surface area contributed by atoms with E-state index in [1.807, 2.05) is 18.2 Å². The Morgan fingerprint density at radius 1 is 1.26 bits per heavy atom. The molecule has 0 saturated carbocycles. The lowest BCUT2D eigenvalue weighted by molar-refractivity contribution is 0.197. The molecule has 0 bridgehead atoms. The van der Waals surface area contributed by atoms with Gasteiger partial charge in [-0.05, 0) is 38.4 Å². The van der Waals surface area contributed by atoms with Crippen LogP contribution in [0.25, 0.3) is 0 Å². The molecule has 0 unspecified atom stereocenters. The monoisotopic (exact) mass is 264 g/mol. The molecule has 0 amide bonds. The number of para-hydroxylation sites is 1. The number of nitrogens with two attached hydrogens (primary N) is 1. The molecular weight excluding hydrogens is 240 g/mol. The molecule has 1 saturated heterocycles. The highest BCUT2D eigenvalue weighted by molar-refractivity contribution is 5.33. The van der Waals surface area contributed by atoms with Crippen molar-refractivity contribution in [3.8, 4) is 5.75 Å². The van der Waals surface area contributed by atoms with E-state index in [9.17, 15) is 0 Å². The van der Waals surface area contributed by atoms with Crippen LogP contribution in [0.3, 0.4) is 0 Å². The van der Waals surface area contributed by atoms with Crippen molar-refractivity contribution in [3.05, 3.63) is 29.8 Å². The van der Waals surface area contributed by atoms with E-state index in [4.69, 9.17) is 15.6 Å². The molecule has 0 aliphatic carbocycles. The number of ether oxygens (including phenoxy) is 1. The van der Waals surface area contributed by atoms with E-state index >= 15 is 0 Å². The zero-order valence-corrected chi connectivity index (χ0v) is 11.4. The van der Waals surface area contributed by atoms with Gasteiger partial charge >= 0.3 is 0 Å². The maximum atomic E-state index is 8.86. The summed E-state index contributed by atoms with van der Waals surface area (Å²) in [6.45, 7) is 3.45. The van der Waals surface area contributed by atoms with E-state index in [2.05, 4.69) is 11.0 Å². The molecule has 1 aliphatic heterocycles. The van der Waals surface area contributed by atoms with Gasteiger partial charge in [-0.25, -0.2) is 0 Å². The molecule has 2 rings (SSSR count). The number of nitrogens with zero attached hydrogens (tertiary/aromatic N) is 1. The van der Waals surface area contributed by atoms with Gasteiger partial charge in [0.1, 0.15) is 12.4 Å². The van der Waals surface area contributed by atoms with Crippen LogP contribution in [-0.2, 0) is 6.54 Å². The van der Waals surface area contributed by atoms with E-state index in [0.717, 1.165) is 38.2 Å². The van der Waals surface area contributed by atoms with Crippen LogP contribution < -0.4 is 10.5 Å². The van der Waals surface area contributed by atoms with E-state index in [1.54, 1.807) is 0 Å². The van der Waals surface area contributed by atoms with Gasteiger partial charge in [0.25, 0.3) is 0 Å². The first-order chi connectivity index (χ1) is 9.29. The zero-order chi connectivity index (χ0) is 13.5. The Labute approximate surface area is 115 Å². The van der Waals surface area contributed by atoms with Gasteiger partial charge in [-0.3, -0.25) is 4.90 Å². The molecule has 1 aliphatic rings. The van der Waals surface area contributed by atoms with E-state index in [-0.39, 0.29) is 6.61 Å². The average Bonchev–Trinajstić information content (AvgIpc) is 2.63. The van der Waals surface area contributed by atoms with E-state index in [1.165, 1.54) is 12.0 Å². The van der Waals surface area contributed by atoms with Gasteiger partial charge < -0.3 is 15.6 Å². The maximum Gasteiger partial charge on any atom is 0.123 e. The molecule has 3 N–H and O–H groups in total. The van der Waals surface area contributed by atoms with Crippen LogP contribution in [0.4, 0.5) is 0 Å². The molecule has 1 aromatic carbocycles. The number of benzene rings is 1. The second-order valence-corrected chi connectivity index (χ2v) is 5.15. The van der Waals surface area contributed by atoms with Crippen molar-refractivity contribution >= 4 is 0 Å². The summed E-state index contributed by atoms with van der Waals surface area (Å²) in [6, 6.07) is 8.41. The van der Waals surface area contributed by atoms with Gasteiger partial charge in [-0.2, -0.15) is 0 Å². The third-order valence-electron chi connectivity index (χ3n) is 3.58. The maximum absolute atomic E-state index is 8.86. The largest absolute Gasteiger partial charge is 0.491 e. The lowest BCUT2D eigenvalue weighted by Crippen LogP contribution is -2.26. The third kappa shape index (κ3) is 4.49. The van der Waals surface area contributed by atoms with Crippen LogP contribution >= 0.6 is 0 Å². The highest BCUT2D eigenvalue weighted by atomic mass is 16.5. The predicted octanol–water partition coefficient (Wildman–Crippen LogP) is 1.37. The summed E-state index contributed by atoms with van der Waals surface area (Å²) in [7, 11) is 0. The topological polar surface area (TPSA) is 58.7 Å². The minimum absolute atomic E-state index is 0.0485. The molecule has 1 atom stereocenters. The minimum atomic E-state index is 0.0485. The van der Waals surface area contributed by atoms with Crippen molar-refractivity contribution in [1.29, 1.82) is 0 Å². The summed E-state index contributed by atoms with van der Waals surface area (Å²) in [5, 5.41) is 8.86. The Balaban J connectivity index is 1.97. The molecule has 1 aromatic rings. The lowest BCUT2D eigenvalue weighted by Gasteiger charge is -2.21. The highest BCUT2D eigenvalue weighted by Crippen LogP contribution is 2.21. The van der Waals surface area contributed by atoms with Crippen LogP contribution in [0.5, 0.6) is 5.75 Å². The number of rotatable bonds is 5. The summed E-state index contributed by atoms with van der Waals surface area (Å²) >= 11 is 0. The van der Waals surface area contributed by atoms with Crippen molar-refractivity contribution < 1.29 is 9.84 Å². The SMILES string of the molecule is N[C@H]1CCCN(Cc2ccccc2OCCO)CC1. The summed E-state index contributed by atoms with van der Waals surface area (Å²) in [4.78, 5) is 2.44. The molecule has 1 fully saturated rings. The van der Waals surface area contributed by atoms with Crippen molar-refractivity contribution in [2.45, 2.75) is 31.8 Å². The zero-order valence-electron chi connectivity index (χ0n) is 11.4. The van der Waals surface area contributed by atoms with Crippen LogP contribution in [-0.4, -0.2) is 42.4 Å². The standard InChI is InChI=1S/C15H24N2O2/c16-14-5-3-8-17(9-7-14)12-13-4-1-2-6-15(13)19-11-10-18/h1-2,4,6,14,18H,3,5,7-12,16H2/t14-/m0/s1. The van der Waals surface area contributed by atoms with Crippen LogP contribution in [0.15, 0.2) is 24.3 Å². The summed E-state index contributed by atoms with van der Waals surface area (Å²) in [5.74, 6) is 0.880. The van der Waals surface area contributed by atoms with E-state index in [0.29, 0.717) is 12.6 Å². The van der Waals surface area contributed by atoms with Gasteiger partial charge in [0.2, 0.25) is 0 Å². The lowest BCUT2D eigenvalue weighted by atomic mass is 10.1. The molecule has 1 heterocycles. The van der Waals surface area contributed by atoms with Crippen molar-refractivity contribution in [2.24, 2.45) is 5.73 Å². The van der Waals surface area contributed by atoms with Crippen LogP contribution in [0.2, 0.25) is 0 Å². The molecule has 0 spiro atoms. The third-order valence-corrected chi connectivity index (χ3v) is 3.58. The molecule has 4 nitrogen and oxygen atoms in total. The highest BCUT2D eigenvalue weighted by Gasteiger charge is 2.15. The molecule has 0 radical (unpaired) electrons. The Kier molecular flexibility index (Phi) is 5.63. The first-order valence-corrected chi connectivity index (χ1v) is 7.09. The van der Waals surface area contributed by atoms with Crippen LogP contribution in [0.1, 0.15) is 24.8 Å². The van der Waals surface area contributed by atoms with Gasteiger partial charge in [0, 0.05) is 18.2 Å². The van der Waals surface area contributed by atoms with Gasteiger partial charge in [-0.1, -0.05) is 18.2 Å². The Bertz CT molecular complexity index is 384. The quantitative estimate of drug-likeness (QED) is 0.843. The number of hydrogen-bond donors (Lipinski definition) is 2. The minimum Gasteiger partial charge on any atom is -0.491 e. The molecule has 106 valence electrons. The van der Waals surface area contributed by atoms with Gasteiger partial charge in [-0.15, -0.1) is 0 Å². The molecule has 19 heavy (non-hydrogen) atoms. The number of aliphatic hydroxyl groups is 1. The Hall–Kier alpha value is -1.10. The van der Waals surface area contributed by atoms with Crippen LogP contribution in [0, 0.1) is 0 Å². The smallest absolute Gasteiger partial charge is 0.123 e. The molecule has 0 aromatic heterocycles.